The normalized spacial score (nSPS) is 14.8. The maximum Gasteiger partial charge on any atom is 0.222 e. The Labute approximate surface area is 106 Å². The van der Waals surface area contributed by atoms with Crippen LogP contribution in [0, 0.1) is 11.3 Å². The van der Waals surface area contributed by atoms with Crippen LogP contribution in [0.25, 0.3) is 0 Å². The van der Waals surface area contributed by atoms with Crippen LogP contribution in [0.5, 0.6) is 5.88 Å². The van der Waals surface area contributed by atoms with Crippen molar-refractivity contribution in [3.8, 4) is 11.9 Å². The van der Waals surface area contributed by atoms with Crippen LogP contribution in [-0.2, 0) is 4.79 Å². The lowest BCUT2D eigenvalue weighted by molar-refractivity contribution is -0.140. The molecule has 0 aliphatic carbocycles. The van der Waals surface area contributed by atoms with Crippen LogP contribution in [0.2, 0.25) is 0 Å². The minimum Gasteiger partial charge on any atom is -0.471 e. The average Bonchev–Trinajstić information content (AvgIpc) is 2.33. The molecule has 1 aliphatic rings. The Kier molecular flexibility index (Phi) is 3.78. The summed E-state index contributed by atoms with van der Waals surface area (Å²) in [7, 11) is 0. The van der Waals surface area contributed by atoms with Crippen LogP contribution in [0.1, 0.15) is 25.3 Å². The molecule has 1 aliphatic heterocycles. The highest BCUT2D eigenvalue weighted by Gasteiger charge is 2.31. The van der Waals surface area contributed by atoms with E-state index in [1.807, 2.05) is 13.0 Å². The van der Waals surface area contributed by atoms with Crippen molar-refractivity contribution in [2.75, 3.05) is 13.1 Å². The van der Waals surface area contributed by atoms with Gasteiger partial charge in [0.1, 0.15) is 6.10 Å². The molecule has 0 aromatic carbocycles. The molecule has 1 fully saturated rings. The van der Waals surface area contributed by atoms with Crippen LogP contribution >= 0.6 is 0 Å². The van der Waals surface area contributed by atoms with E-state index in [9.17, 15) is 4.79 Å². The second-order valence-corrected chi connectivity index (χ2v) is 4.28. The Hall–Kier alpha value is -2.09. The lowest BCUT2D eigenvalue weighted by atomic mass is 10.1. The van der Waals surface area contributed by atoms with E-state index < -0.39 is 0 Å². The third-order valence-corrected chi connectivity index (χ3v) is 2.82. The lowest BCUT2D eigenvalue weighted by Gasteiger charge is -2.38. The number of carbonyl (C=O) groups excluding carboxylic acids is 1. The molecule has 1 aromatic heterocycles. The molecule has 5 nitrogen and oxygen atoms in total. The Bertz CT molecular complexity index is 475. The van der Waals surface area contributed by atoms with Crippen LogP contribution in [0.3, 0.4) is 0 Å². The number of hydrogen-bond donors (Lipinski definition) is 0. The van der Waals surface area contributed by atoms with E-state index in [1.165, 1.54) is 0 Å². The summed E-state index contributed by atoms with van der Waals surface area (Å²) in [5.74, 6) is 0.623. The van der Waals surface area contributed by atoms with E-state index >= 15 is 0 Å². The zero-order valence-electron chi connectivity index (χ0n) is 10.3. The molecule has 1 amide bonds. The van der Waals surface area contributed by atoms with Gasteiger partial charge in [0.2, 0.25) is 11.8 Å². The van der Waals surface area contributed by atoms with Gasteiger partial charge in [-0.2, -0.15) is 5.26 Å². The number of ether oxygens (including phenoxy) is 1. The predicted molar refractivity (Wildman–Crippen MR) is 64.9 cm³/mol. The number of rotatable bonds is 4. The maximum absolute atomic E-state index is 11.5. The summed E-state index contributed by atoms with van der Waals surface area (Å²) in [5, 5.41) is 8.76. The molecule has 0 radical (unpaired) electrons. The van der Waals surface area contributed by atoms with Gasteiger partial charge >= 0.3 is 0 Å². The first-order valence-electron chi connectivity index (χ1n) is 6.03. The zero-order valence-corrected chi connectivity index (χ0v) is 10.3. The molecule has 0 unspecified atom stereocenters. The SMILES string of the molecule is CCCC(=O)N1CC(Oc2cc(C#N)ccn2)C1. The molecule has 0 atom stereocenters. The third kappa shape index (κ3) is 2.77. The van der Waals surface area contributed by atoms with Crippen molar-refractivity contribution in [3.63, 3.8) is 0 Å². The molecule has 0 bridgehead atoms. The van der Waals surface area contributed by atoms with E-state index in [0.717, 1.165) is 6.42 Å². The summed E-state index contributed by atoms with van der Waals surface area (Å²) in [6.07, 6.45) is 3.00. The van der Waals surface area contributed by atoms with E-state index in [0.29, 0.717) is 31.0 Å². The van der Waals surface area contributed by atoms with Crippen molar-refractivity contribution in [1.29, 1.82) is 5.26 Å². The molecular formula is C13H15N3O2. The Balaban J connectivity index is 1.83. The lowest BCUT2D eigenvalue weighted by Crippen LogP contribution is -2.56. The third-order valence-electron chi connectivity index (χ3n) is 2.82. The smallest absolute Gasteiger partial charge is 0.222 e. The van der Waals surface area contributed by atoms with Gasteiger partial charge in [0.25, 0.3) is 0 Å². The predicted octanol–water partition coefficient (Wildman–Crippen LogP) is 1.34. The Morgan fingerprint density at radius 1 is 1.67 bits per heavy atom. The minimum absolute atomic E-state index is 0.00718. The fraction of sp³-hybridized carbons (Fsp3) is 0.462. The van der Waals surface area contributed by atoms with Gasteiger partial charge < -0.3 is 9.64 Å². The monoisotopic (exact) mass is 245 g/mol. The fourth-order valence-corrected chi connectivity index (χ4v) is 1.80. The first-order valence-corrected chi connectivity index (χ1v) is 6.03. The minimum atomic E-state index is -0.00718. The second kappa shape index (κ2) is 5.50. The summed E-state index contributed by atoms with van der Waals surface area (Å²) < 4.78 is 5.60. The van der Waals surface area contributed by atoms with E-state index in [1.54, 1.807) is 23.2 Å². The summed E-state index contributed by atoms with van der Waals surface area (Å²) in [4.78, 5) is 17.4. The molecule has 0 saturated carbocycles. The van der Waals surface area contributed by atoms with Crippen molar-refractivity contribution in [1.82, 2.24) is 9.88 Å². The average molecular weight is 245 g/mol. The highest BCUT2D eigenvalue weighted by Crippen LogP contribution is 2.17. The molecule has 0 spiro atoms. The van der Waals surface area contributed by atoms with Crippen LogP contribution in [0.15, 0.2) is 18.3 Å². The number of aromatic nitrogens is 1. The molecule has 1 saturated heterocycles. The Morgan fingerprint density at radius 3 is 3.11 bits per heavy atom. The van der Waals surface area contributed by atoms with Crippen molar-refractivity contribution < 1.29 is 9.53 Å². The molecule has 5 heteroatoms. The highest BCUT2D eigenvalue weighted by molar-refractivity contribution is 5.77. The molecule has 2 heterocycles. The molecular weight excluding hydrogens is 230 g/mol. The topological polar surface area (TPSA) is 66.2 Å². The maximum atomic E-state index is 11.5. The second-order valence-electron chi connectivity index (χ2n) is 4.28. The van der Waals surface area contributed by atoms with Gasteiger partial charge in [0, 0.05) is 18.7 Å². The van der Waals surface area contributed by atoms with Gasteiger partial charge in [-0.25, -0.2) is 4.98 Å². The number of nitriles is 1. The number of carbonyl (C=O) groups is 1. The molecule has 94 valence electrons. The molecule has 0 N–H and O–H groups in total. The number of amides is 1. The highest BCUT2D eigenvalue weighted by atomic mass is 16.5. The van der Waals surface area contributed by atoms with Gasteiger partial charge in [0.05, 0.1) is 24.7 Å². The number of nitrogens with zero attached hydrogens (tertiary/aromatic N) is 3. The van der Waals surface area contributed by atoms with Crippen LogP contribution < -0.4 is 4.74 Å². The fourth-order valence-electron chi connectivity index (χ4n) is 1.80. The largest absolute Gasteiger partial charge is 0.471 e. The van der Waals surface area contributed by atoms with Gasteiger partial charge in [-0.1, -0.05) is 6.92 Å². The van der Waals surface area contributed by atoms with Gasteiger partial charge in [-0.05, 0) is 12.5 Å². The van der Waals surface area contributed by atoms with Crippen LogP contribution in [0.4, 0.5) is 0 Å². The van der Waals surface area contributed by atoms with Gasteiger partial charge in [-0.15, -0.1) is 0 Å². The van der Waals surface area contributed by atoms with E-state index in [-0.39, 0.29) is 12.0 Å². The molecule has 2 rings (SSSR count). The van der Waals surface area contributed by atoms with Crippen molar-refractivity contribution in [3.05, 3.63) is 23.9 Å². The van der Waals surface area contributed by atoms with E-state index in [4.69, 9.17) is 10.00 Å². The molecule has 1 aromatic rings. The standard InChI is InChI=1S/C13H15N3O2/c1-2-3-13(17)16-8-11(9-16)18-12-6-10(7-14)4-5-15-12/h4-6,11H,2-3,8-9H2,1H3. The van der Waals surface area contributed by atoms with Crippen molar-refractivity contribution in [2.45, 2.75) is 25.9 Å². The van der Waals surface area contributed by atoms with Crippen molar-refractivity contribution >= 4 is 5.91 Å². The van der Waals surface area contributed by atoms with Gasteiger partial charge in [0.15, 0.2) is 0 Å². The quantitative estimate of drug-likeness (QED) is 0.803. The summed E-state index contributed by atoms with van der Waals surface area (Å²) in [6.45, 7) is 3.21. The van der Waals surface area contributed by atoms with E-state index in [2.05, 4.69) is 4.98 Å². The number of likely N-dealkylation sites (tertiary alicyclic amines) is 1. The van der Waals surface area contributed by atoms with Crippen molar-refractivity contribution in [2.24, 2.45) is 0 Å². The summed E-state index contributed by atoms with van der Waals surface area (Å²) in [5.41, 5.74) is 0.526. The summed E-state index contributed by atoms with van der Waals surface area (Å²) in [6, 6.07) is 5.27. The first-order chi connectivity index (χ1) is 8.72. The van der Waals surface area contributed by atoms with Gasteiger partial charge in [-0.3, -0.25) is 4.79 Å². The number of pyridine rings is 1. The first kappa shape index (κ1) is 12.4. The number of hydrogen-bond acceptors (Lipinski definition) is 4. The Morgan fingerprint density at radius 2 is 2.44 bits per heavy atom. The summed E-state index contributed by atoms with van der Waals surface area (Å²) >= 11 is 0. The zero-order chi connectivity index (χ0) is 13.0. The molecule has 18 heavy (non-hydrogen) atoms. The van der Waals surface area contributed by atoms with Crippen LogP contribution in [-0.4, -0.2) is 35.0 Å².